The monoisotopic (exact) mass is 346 g/mol. The molecule has 134 valence electrons. The maximum absolute atomic E-state index is 13.4. The third-order valence-corrected chi connectivity index (χ3v) is 5.32. The van der Waals surface area contributed by atoms with Crippen LogP contribution in [0.4, 0.5) is 9.18 Å². The van der Waals surface area contributed by atoms with Crippen LogP contribution in [0, 0.1) is 5.82 Å². The SMILES string of the molecule is O=C(NC1CCC(O)CC1)N1CCC[C@@H]1c1nc2ccc(F)cc2[nH]1. The number of hydrogen-bond donors (Lipinski definition) is 3. The summed E-state index contributed by atoms with van der Waals surface area (Å²) in [5, 5.41) is 12.7. The molecule has 3 N–H and O–H groups in total. The molecule has 2 aliphatic rings. The molecule has 2 amide bonds. The van der Waals surface area contributed by atoms with Crippen LogP contribution in [-0.4, -0.2) is 44.7 Å². The second kappa shape index (κ2) is 6.63. The highest BCUT2D eigenvalue weighted by Crippen LogP contribution is 2.32. The Kier molecular flexibility index (Phi) is 4.33. The summed E-state index contributed by atoms with van der Waals surface area (Å²) in [5.74, 6) is 0.413. The smallest absolute Gasteiger partial charge is 0.318 e. The van der Waals surface area contributed by atoms with E-state index in [1.807, 2.05) is 4.90 Å². The van der Waals surface area contributed by atoms with Gasteiger partial charge in [0.25, 0.3) is 0 Å². The number of carbonyl (C=O) groups excluding carboxylic acids is 1. The third kappa shape index (κ3) is 3.33. The predicted octanol–water partition coefficient (Wildman–Crippen LogP) is 2.85. The van der Waals surface area contributed by atoms with Crippen LogP contribution in [0.25, 0.3) is 11.0 Å². The maximum Gasteiger partial charge on any atom is 0.318 e. The first-order chi connectivity index (χ1) is 12.1. The lowest BCUT2D eigenvalue weighted by Gasteiger charge is -2.30. The normalized spacial score (nSPS) is 27.0. The van der Waals surface area contributed by atoms with E-state index in [1.54, 1.807) is 6.07 Å². The zero-order valence-corrected chi connectivity index (χ0v) is 14.0. The van der Waals surface area contributed by atoms with Gasteiger partial charge in [0.05, 0.1) is 23.2 Å². The van der Waals surface area contributed by atoms with Crippen LogP contribution < -0.4 is 5.32 Å². The van der Waals surface area contributed by atoms with Gasteiger partial charge in [-0.05, 0) is 56.7 Å². The average Bonchev–Trinajstić information content (AvgIpc) is 3.22. The van der Waals surface area contributed by atoms with E-state index in [-0.39, 0.29) is 30.0 Å². The highest BCUT2D eigenvalue weighted by atomic mass is 19.1. The Hall–Kier alpha value is -2.15. The van der Waals surface area contributed by atoms with E-state index in [9.17, 15) is 14.3 Å². The molecular formula is C18H23FN4O2. The zero-order chi connectivity index (χ0) is 17.4. The molecule has 0 spiro atoms. The number of H-pyrrole nitrogens is 1. The highest BCUT2D eigenvalue weighted by molar-refractivity contribution is 5.77. The molecule has 1 aliphatic heterocycles. The highest BCUT2D eigenvalue weighted by Gasteiger charge is 2.33. The summed E-state index contributed by atoms with van der Waals surface area (Å²) < 4.78 is 13.4. The fourth-order valence-corrected chi connectivity index (χ4v) is 3.93. The fraction of sp³-hybridized carbons (Fsp3) is 0.556. The number of carbonyl (C=O) groups is 1. The summed E-state index contributed by atoms with van der Waals surface area (Å²) in [5.41, 5.74) is 1.37. The Bertz CT molecular complexity index is 770. The van der Waals surface area contributed by atoms with Gasteiger partial charge in [-0.3, -0.25) is 0 Å². The number of hydrogen-bond acceptors (Lipinski definition) is 3. The third-order valence-electron chi connectivity index (χ3n) is 5.32. The summed E-state index contributed by atoms with van der Waals surface area (Å²) in [6.45, 7) is 0.692. The number of urea groups is 1. The van der Waals surface area contributed by atoms with Crippen LogP contribution in [0.5, 0.6) is 0 Å². The number of amides is 2. The molecule has 1 atom stereocenters. The number of aliphatic hydroxyl groups excluding tert-OH is 1. The molecule has 7 heteroatoms. The molecule has 2 aromatic rings. The van der Waals surface area contributed by atoms with E-state index < -0.39 is 0 Å². The van der Waals surface area contributed by atoms with Gasteiger partial charge in [-0.1, -0.05) is 0 Å². The van der Waals surface area contributed by atoms with Crippen molar-refractivity contribution in [1.29, 1.82) is 0 Å². The van der Waals surface area contributed by atoms with Crippen LogP contribution in [0.1, 0.15) is 50.4 Å². The van der Waals surface area contributed by atoms with Crippen molar-refractivity contribution in [3.8, 4) is 0 Å². The topological polar surface area (TPSA) is 81.2 Å². The minimum atomic E-state index is -0.303. The van der Waals surface area contributed by atoms with Gasteiger partial charge < -0.3 is 20.3 Å². The molecule has 6 nitrogen and oxygen atoms in total. The Morgan fingerprint density at radius 1 is 1.28 bits per heavy atom. The first-order valence-corrected chi connectivity index (χ1v) is 9.00. The molecule has 25 heavy (non-hydrogen) atoms. The van der Waals surface area contributed by atoms with Crippen molar-refractivity contribution in [2.45, 2.75) is 56.7 Å². The standard InChI is InChI=1S/C18H23FN4O2/c19-11-3-8-14-15(10-11)22-17(21-14)16-2-1-9-23(16)18(25)20-12-4-6-13(24)7-5-12/h3,8,10,12-13,16,24H,1-2,4-7,9H2,(H,20,25)(H,21,22)/t12?,13?,16-/m1/s1. The van der Waals surface area contributed by atoms with Gasteiger partial charge in [0.2, 0.25) is 0 Å². The van der Waals surface area contributed by atoms with E-state index in [2.05, 4.69) is 15.3 Å². The number of aromatic amines is 1. The number of nitrogens with one attached hydrogen (secondary N) is 2. The summed E-state index contributed by atoms with van der Waals surface area (Å²) in [6, 6.07) is 4.42. The number of benzene rings is 1. The summed E-state index contributed by atoms with van der Waals surface area (Å²) in [4.78, 5) is 22.2. The second-order valence-corrected chi connectivity index (χ2v) is 7.09. The predicted molar refractivity (Wildman–Crippen MR) is 91.5 cm³/mol. The van der Waals surface area contributed by atoms with Crippen molar-refractivity contribution in [1.82, 2.24) is 20.2 Å². The van der Waals surface area contributed by atoms with Crippen molar-refractivity contribution in [2.24, 2.45) is 0 Å². The number of likely N-dealkylation sites (tertiary alicyclic amines) is 1. The van der Waals surface area contributed by atoms with Crippen LogP contribution in [0.2, 0.25) is 0 Å². The lowest BCUT2D eigenvalue weighted by atomic mass is 9.93. The average molecular weight is 346 g/mol. The fourth-order valence-electron chi connectivity index (χ4n) is 3.93. The molecule has 0 unspecified atom stereocenters. The van der Waals surface area contributed by atoms with Crippen molar-refractivity contribution in [3.05, 3.63) is 29.8 Å². The first kappa shape index (κ1) is 16.3. The number of aliphatic hydroxyl groups is 1. The number of imidazole rings is 1. The zero-order valence-electron chi connectivity index (χ0n) is 14.0. The quantitative estimate of drug-likeness (QED) is 0.782. The number of fused-ring (bicyclic) bond motifs is 1. The van der Waals surface area contributed by atoms with Crippen molar-refractivity contribution < 1.29 is 14.3 Å². The van der Waals surface area contributed by atoms with Gasteiger partial charge in [-0.25, -0.2) is 14.2 Å². The largest absolute Gasteiger partial charge is 0.393 e. The summed E-state index contributed by atoms with van der Waals surface area (Å²) >= 11 is 0. The number of rotatable bonds is 2. The molecule has 1 saturated heterocycles. The number of aromatic nitrogens is 2. The van der Waals surface area contributed by atoms with Crippen molar-refractivity contribution in [3.63, 3.8) is 0 Å². The van der Waals surface area contributed by atoms with E-state index in [4.69, 9.17) is 0 Å². The summed E-state index contributed by atoms with van der Waals surface area (Å²) in [6.07, 6.45) is 4.65. The minimum Gasteiger partial charge on any atom is -0.393 e. The van der Waals surface area contributed by atoms with E-state index in [0.717, 1.165) is 38.5 Å². The molecule has 2 fully saturated rings. The van der Waals surface area contributed by atoms with Crippen LogP contribution in [0.15, 0.2) is 18.2 Å². The van der Waals surface area contributed by atoms with Crippen LogP contribution in [-0.2, 0) is 0 Å². The number of halogens is 1. The van der Waals surface area contributed by atoms with Crippen LogP contribution >= 0.6 is 0 Å². The van der Waals surface area contributed by atoms with Gasteiger partial charge in [-0.2, -0.15) is 0 Å². The first-order valence-electron chi connectivity index (χ1n) is 9.00. The van der Waals surface area contributed by atoms with E-state index in [1.165, 1.54) is 12.1 Å². The van der Waals surface area contributed by atoms with Gasteiger partial charge in [0.15, 0.2) is 0 Å². The van der Waals surface area contributed by atoms with Crippen molar-refractivity contribution >= 4 is 17.1 Å². The second-order valence-electron chi connectivity index (χ2n) is 7.09. The van der Waals surface area contributed by atoms with Crippen molar-refractivity contribution in [2.75, 3.05) is 6.54 Å². The molecule has 1 aromatic carbocycles. The lowest BCUT2D eigenvalue weighted by molar-refractivity contribution is 0.114. The Morgan fingerprint density at radius 2 is 2.08 bits per heavy atom. The van der Waals surface area contributed by atoms with Gasteiger partial charge in [0.1, 0.15) is 11.6 Å². The molecule has 2 heterocycles. The Balaban J connectivity index is 1.48. The molecule has 4 rings (SSSR count). The Morgan fingerprint density at radius 3 is 2.88 bits per heavy atom. The number of nitrogens with zero attached hydrogens (tertiary/aromatic N) is 2. The van der Waals surface area contributed by atoms with Gasteiger partial charge >= 0.3 is 6.03 Å². The molecular weight excluding hydrogens is 323 g/mol. The molecule has 1 aliphatic carbocycles. The molecule has 0 bridgehead atoms. The molecule has 1 saturated carbocycles. The van der Waals surface area contributed by atoms with E-state index >= 15 is 0 Å². The molecule has 1 aromatic heterocycles. The summed E-state index contributed by atoms with van der Waals surface area (Å²) in [7, 11) is 0. The van der Waals surface area contributed by atoms with Crippen LogP contribution in [0.3, 0.4) is 0 Å². The maximum atomic E-state index is 13.4. The van der Waals surface area contributed by atoms with E-state index in [0.29, 0.717) is 23.4 Å². The van der Waals surface area contributed by atoms with Gasteiger partial charge in [0, 0.05) is 12.6 Å². The minimum absolute atomic E-state index is 0.0736. The van der Waals surface area contributed by atoms with Gasteiger partial charge in [-0.15, -0.1) is 0 Å². The molecule has 0 radical (unpaired) electrons. The Labute approximate surface area is 145 Å². The lowest BCUT2D eigenvalue weighted by Crippen LogP contribution is -2.46.